The molecule has 128 valence electrons. The first-order chi connectivity index (χ1) is 11.6. The highest BCUT2D eigenvalue weighted by atomic mass is 16.5. The maximum absolute atomic E-state index is 12.6. The molecule has 24 heavy (non-hydrogen) atoms. The Balaban J connectivity index is 1.80. The van der Waals surface area contributed by atoms with Gasteiger partial charge in [-0.25, -0.2) is 0 Å². The Bertz CT molecular complexity index is 641. The van der Waals surface area contributed by atoms with Gasteiger partial charge in [-0.2, -0.15) is 0 Å². The highest BCUT2D eigenvalue weighted by molar-refractivity contribution is 5.80. The smallest absolute Gasteiger partial charge is 0.249 e. The van der Waals surface area contributed by atoms with E-state index < -0.39 is 0 Å². The molecule has 1 aromatic carbocycles. The quantitative estimate of drug-likeness (QED) is 0.737. The topological polar surface area (TPSA) is 58.6 Å². The fourth-order valence-electron chi connectivity index (χ4n) is 3.23. The van der Waals surface area contributed by atoms with Crippen LogP contribution in [0.25, 0.3) is 0 Å². The molecule has 2 atom stereocenters. The molecule has 0 aromatic heterocycles. The van der Waals surface area contributed by atoms with E-state index >= 15 is 0 Å². The molecule has 2 aliphatic rings. The van der Waals surface area contributed by atoms with E-state index in [2.05, 4.69) is 17.4 Å². The Labute approximate surface area is 142 Å². The normalized spacial score (nSPS) is 27.0. The third kappa shape index (κ3) is 3.85. The monoisotopic (exact) mass is 328 g/mol. The molecule has 0 aliphatic carbocycles. The van der Waals surface area contributed by atoms with Crippen LogP contribution in [0.3, 0.4) is 0 Å². The zero-order valence-electron chi connectivity index (χ0n) is 14.0. The van der Waals surface area contributed by atoms with Crippen molar-refractivity contribution in [1.82, 2.24) is 10.2 Å². The van der Waals surface area contributed by atoms with Crippen molar-refractivity contribution in [2.45, 2.75) is 32.4 Å². The van der Waals surface area contributed by atoms with Gasteiger partial charge in [-0.3, -0.25) is 9.59 Å². The highest BCUT2D eigenvalue weighted by Crippen LogP contribution is 2.23. The summed E-state index contributed by atoms with van der Waals surface area (Å²) in [5, 5.41) is 3.01. The Morgan fingerprint density at radius 3 is 2.79 bits per heavy atom. The van der Waals surface area contributed by atoms with Crippen molar-refractivity contribution in [1.29, 1.82) is 0 Å². The van der Waals surface area contributed by atoms with Crippen LogP contribution in [-0.4, -0.2) is 42.5 Å². The summed E-state index contributed by atoms with van der Waals surface area (Å²) < 4.78 is 5.48. The molecule has 1 aromatic rings. The number of nitrogens with zero attached hydrogens (tertiary/aromatic N) is 1. The summed E-state index contributed by atoms with van der Waals surface area (Å²) in [5.74, 6) is -0.0717. The number of benzene rings is 1. The number of ether oxygens (including phenoxy) is 1. The van der Waals surface area contributed by atoms with Crippen molar-refractivity contribution in [3.05, 3.63) is 47.5 Å². The average molecular weight is 328 g/mol. The van der Waals surface area contributed by atoms with E-state index in [0.717, 1.165) is 6.42 Å². The molecule has 0 saturated carbocycles. The van der Waals surface area contributed by atoms with Gasteiger partial charge in [0, 0.05) is 19.0 Å². The number of nitrogens with one attached hydrogen (secondary N) is 1. The number of rotatable bonds is 0. The Morgan fingerprint density at radius 2 is 1.96 bits per heavy atom. The first-order valence-electron chi connectivity index (χ1n) is 8.52. The van der Waals surface area contributed by atoms with Crippen molar-refractivity contribution < 1.29 is 14.3 Å². The fraction of sp³-hybridized carbons (Fsp3) is 0.474. The molecule has 0 saturated heterocycles. The van der Waals surface area contributed by atoms with Gasteiger partial charge in [0.1, 0.15) is 6.61 Å². The molecule has 0 radical (unpaired) electrons. The molecule has 1 N–H and O–H groups in total. The van der Waals surface area contributed by atoms with Crippen LogP contribution in [0, 0.1) is 5.92 Å². The zero-order chi connectivity index (χ0) is 16.9. The first kappa shape index (κ1) is 16.7. The minimum Gasteiger partial charge on any atom is -0.368 e. The van der Waals surface area contributed by atoms with Gasteiger partial charge >= 0.3 is 0 Å². The third-order valence-electron chi connectivity index (χ3n) is 4.73. The second kappa shape index (κ2) is 7.62. The molecule has 2 unspecified atom stereocenters. The predicted octanol–water partition coefficient (Wildman–Crippen LogP) is 1.67. The van der Waals surface area contributed by atoms with Crippen molar-refractivity contribution in [2.24, 2.45) is 5.92 Å². The minimum atomic E-state index is -0.0815. The van der Waals surface area contributed by atoms with Crippen LogP contribution >= 0.6 is 0 Å². The molecule has 0 fully saturated rings. The molecular formula is C19H24N2O3. The van der Waals surface area contributed by atoms with E-state index in [1.165, 1.54) is 11.1 Å². The average Bonchev–Trinajstić information content (AvgIpc) is 2.61. The van der Waals surface area contributed by atoms with Crippen LogP contribution in [0.2, 0.25) is 0 Å². The van der Waals surface area contributed by atoms with Crippen LogP contribution in [-0.2, 0) is 27.3 Å². The van der Waals surface area contributed by atoms with Crippen LogP contribution in [0.15, 0.2) is 36.4 Å². The van der Waals surface area contributed by atoms with Gasteiger partial charge in [0.05, 0.1) is 12.6 Å². The van der Waals surface area contributed by atoms with Gasteiger partial charge in [-0.15, -0.1) is 0 Å². The van der Waals surface area contributed by atoms with Gasteiger partial charge in [-0.1, -0.05) is 43.3 Å². The maximum Gasteiger partial charge on any atom is 0.249 e. The number of carbonyl (C=O) groups excluding carboxylic acids is 2. The second-order valence-electron chi connectivity index (χ2n) is 6.52. The predicted molar refractivity (Wildman–Crippen MR) is 91.2 cm³/mol. The summed E-state index contributed by atoms with van der Waals surface area (Å²) in [4.78, 5) is 26.7. The highest BCUT2D eigenvalue weighted by Gasteiger charge is 2.30. The van der Waals surface area contributed by atoms with E-state index in [1.54, 1.807) is 0 Å². The largest absolute Gasteiger partial charge is 0.368 e. The lowest BCUT2D eigenvalue weighted by Gasteiger charge is -2.37. The Morgan fingerprint density at radius 1 is 1.17 bits per heavy atom. The summed E-state index contributed by atoms with van der Waals surface area (Å²) in [6.45, 7) is 3.44. The van der Waals surface area contributed by atoms with E-state index in [-0.39, 0.29) is 30.4 Å². The van der Waals surface area contributed by atoms with Crippen LogP contribution in [0.5, 0.6) is 0 Å². The number of carbonyl (C=O) groups is 2. The van der Waals surface area contributed by atoms with Crippen LogP contribution in [0.4, 0.5) is 0 Å². The molecule has 2 amide bonds. The number of hydrogen-bond donors (Lipinski definition) is 1. The number of hydrogen-bond acceptors (Lipinski definition) is 3. The molecule has 2 heterocycles. The number of fused-ring (bicyclic) bond motifs is 2. The molecular weight excluding hydrogens is 304 g/mol. The van der Waals surface area contributed by atoms with E-state index in [9.17, 15) is 9.59 Å². The zero-order valence-corrected chi connectivity index (χ0v) is 14.0. The molecule has 0 bridgehead atoms. The lowest BCUT2D eigenvalue weighted by atomic mass is 9.93. The van der Waals surface area contributed by atoms with Crippen molar-refractivity contribution >= 4 is 11.8 Å². The summed E-state index contributed by atoms with van der Waals surface area (Å²) in [6.07, 6.45) is 5.25. The van der Waals surface area contributed by atoms with Crippen LogP contribution in [0.1, 0.15) is 24.5 Å². The van der Waals surface area contributed by atoms with Gasteiger partial charge < -0.3 is 15.0 Å². The van der Waals surface area contributed by atoms with E-state index in [0.29, 0.717) is 26.1 Å². The van der Waals surface area contributed by atoms with Crippen molar-refractivity contribution in [2.75, 3.05) is 19.8 Å². The summed E-state index contributed by atoms with van der Waals surface area (Å²) in [6, 6.07) is 8.15. The van der Waals surface area contributed by atoms with Gasteiger partial charge in [0.25, 0.3) is 0 Å². The number of allylic oxidation sites excluding steroid dienone is 1. The molecule has 2 aliphatic heterocycles. The lowest BCUT2D eigenvalue weighted by molar-refractivity contribution is -0.139. The van der Waals surface area contributed by atoms with E-state index in [4.69, 9.17) is 4.74 Å². The molecule has 3 rings (SSSR count). The van der Waals surface area contributed by atoms with E-state index in [1.807, 2.05) is 36.1 Å². The van der Waals surface area contributed by atoms with Gasteiger partial charge in [0.2, 0.25) is 11.8 Å². The summed E-state index contributed by atoms with van der Waals surface area (Å²) in [5.41, 5.74) is 2.42. The summed E-state index contributed by atoms with van der Waals surface area (Å²) >= 11 is 0. The third-order valence-corrected chi connectivity index (χ3v) is 4.73. The molecule has 0 spiro atoms. The van der Waals surface area contributed by atoms with Crippen LogP contribution < -0.4 is 5.32 Å². The SMILES string of the molecule is CC1C/C=C/COCC(=O)N2Cc3ccccc3CC2CNC1=O. The molecule has 5 nitrogen and oxygen atoms in total. The lowest BCUT2D eigenvalue weighted by Crippen LogP contribution is -2.51. The summed E-state index contributed by atoms with van der Waals surface area (Å²) in [7, 11) is 0. The van der Waals surface area contributed by atoms with Crippen molar-refractivity contribution in [3.8, 4) is 0 Å². The van der Waals surface area contributed by atoms with Gasteiger partial charge in [0.15, 0.2) is 0 Å². The Hall–Kier alpha value is -2.14. The van der Waals surface area contributed by atoms with Gasteiger partial charge in [-0.05, 0) is 24.0 Å². The fourth-order valence-corrected chi connectivity index (χ4v) is 3.23. The van der Waals surface area contributed by atoms with Crippen molar-refractivity contribution in [3.63, 3.8) is 0 Å². The first-order valence-corrected chi connectivity index (χ1v) is 8.52. The maximum atomic E-state index is 12.6. The number of amides is 2. The Kier molecular flexibility index (Phi) is 5.30. The second-order valence-corrected chi connectivity index (χ2v) is 6.52. The standard InChI is InChI=1S/C19H24N2O3/c1-14-6-4-5-9-24-13-18(22)21-12-16-8-3-2-7-15(16)10-17(21)11-20-19(14)23/h2-5,7-8,14,17H,6,9-13H2,1H3,(H,20,23)/b5-4+. The minimum absolute atomic E-state index is 0.0237. The molecule has 5 heteroatoms.